The second kappa shape index (κ2) is 4.31. The Morgan fingerprint density at radius 3 is 2.61 bits per heavy atom. The maximum atomic E-state index is 13.2. The molecule has 0 saturated carbocycles. The Labute approximate surface area is 99.3 Å². The number of nitrogens with zero attached hydrogens (tertiary/aromatic N) is 2. The molecule has 0 unspecified atom stereocenters. The van der Waals surface area contributed by atoms with Crippen molar-refractivity contribution in [2.75, 3.05) is 0 Å². The highest BCUT2D eigenvalue weighted by molar-refractivity contribution is 5.38. The van der Waals surface area contributed by atoms with Gasteiger partial charge in [0.05, 0.1) is 17.4 Å². The Kier molecular flexibility index (Phi) is 2.97. The molecule has 2 aromatic rings. The van der Waals surface area contributed by atoms with Crippen LogP contribution in [0.1, 0.15) is 11.4 Å². The molecular formula is C11H6F4N2O. The molecule has 0 saturated heterocycles. The van der Waals surface area contributed by atoms with Crippen molar-refractivity contribution < 1.29 is 22.7 Å². The van der Waals surface area contributed by atoms with E-state index in [0.29, 0.717) is 6.07 Å². The fourth-order valence-electron chi connectivity index (χ4n) is 1.44. The van der Waals surface area contributed by atoms with Gasteiger partial charge in [-0.3, -0.25) is 4.57 Å². The molecule has 0 aliphatic heterocycles. The zero-order chi connectivity index (χ0) is 13.3. The van der Waals surface area contributed by atoms with Crippen LogP contribution in [0.5, 0.6) is 0 Å². The molecule has 7 heteroatoms. The zero-order valence-electron chi connectivity index (χ0n) is 8.79. The van der Waals surface area contributed by atoms with Crippen LogP contribution in [0.25, 0.3) is 5.69 Å². The van der Waals surface area contributed by atoms with Gasteiger partial charge in [-0.1, -0.05) is 0 Å². The average Bonchev–Trinajstić information content (AvgIpc) is 2.74. The van der Waals surface area contributed by atoms with Crippen molar-refractivity contribution in [3.8, 4) is 5.69 Å². The number of rotatable bonds is 2. The van der Waals surface area contributed by atoms with E-state index in [1.165, 1.54) is 0 Å². The van der Waals surface area contributed by atoms with Crippen molar-refractivity contribution in [2.24, 2.45) is 0 Å². The van der Waals surface area contributed by atoms with E-state index in [4.69, 9.17) is 5.11 Å². The van der Waals surface area contributed by atoms with E-state index in [2.05, 4.69) is 17.4 Å². The zero-order valence-corrected chi connectivity index (χ0v) is 8.79. The Hall–Kier alpha value is -2.07. The first-order valence-corrected chi connectivity index (χ1v) is 4.78. The van der Waals surface area contributed by atoms with E-state index < -0.39 is 24.2 Å². The second-order valence-electron chi connectivity index (χ2n) is 3.44. The summed E-state index contributed by atoms with van der Waals surface area (Å²) in [4.78, 5) is 3.56. The van der Waals surface area contributed by atoms with Crippen LogP contribution < -0.4 is 0 Å². The summed E-state index contributed by atoms with van der Waals surface area (Å²) < 4.78 is 51.7. The predicted molar refractivity (Wildman–Crippen MR) is 52.1 cm³/mol. The molecule has 18 heavy (non-hydrogen) atoms. The normalized spacial score (nSPS) is 11.4. The predicted octanol–water partition coefficient (Wildman–Crippen LogP) is 2.12. The Balaban J connectivity index is 2.56. The fraction of sp³-hybridized carbons (Fsp3) is 0.182. The van der Waals surface area contributed by atoms with Crippen LogP contribution in [-0.4, -0.2) is 14.7 Å². The van der Waals surface area contributed by atoms with Gasteiger partial charge in [-0.15, -0.1) is 0 Å². The number of benzene rings is 1. The molecule has 2 rings (SSSR count). The van der Waals surface area contributed by atoms with Gasteiger partial charge in [0.25, 0.3) is 0 Å². The van der Waals surface area contributed by atoms with Gasteiger partial charge in [0.1, 0.15) is 12.4 Å². The first kappa shape index (κ1) is 12.4. The number of halogens is 4. The lowest BCUT2D eigenvalue weighted by Gasteiger charge is -2.10. The SMILES string of the molecule is OCc1nc#cn1-c1cc(F)cc(C(F)(F)F)c1. The van der Waals surface area contributed by atoms with Crippen LogP contribution in [0, 0.1) is 18.2 Å². The maximum Gasteiger partial charge on any atom is 0.416 e. The monoisotopic (exact) mass is 258 g/mol. The van der Waals surface area contributed by atoms with Crippen LogP contribution in [0.3, 0.4) is 0 Å². The molecule has 0 fully saturated rings. The molecule has 0 spiro atoms. The highest BCUT2D eigenvalue weighted by atomic mass is 19.4. The molecule has 0 amide bonds. The summed E-state index contributed by atoms with van der Waals surface area (Å²) in [5.74, 6) is -1.01. The van der Waals surface area contributed by atoms with Gasteiger partial charge in [-0.2, -0.15) is 18.2 Å². The largest absolute Gasteiger partial charge is 0.416 e. The highest BCUT2D eigenvalue weighted by Crippen LogP contribution is 2.31. The molecule has 0 atom stereocenters. The van der Waals surface area contributed by atoms with Crippen molar-refractivity contribution in [2.45, 2.75) is 12.8 Å². The molecule has 0 radical (unpaired) electrons. The van der Waals surface area contributed by atoms with Gasteiger partial charge < -0.3 is 5.11 Å². The van der Waals surface area contributed by atoms with Crippen LogP contribution in [0.4, 0.5) is 17.6 Å². The van der Waals surface area contributed by atoms with Crippen LogP contribution in [0.15, 0.2) is 18.2 Å². The summed E-state index contributed by atoms with van der Waals surface area (Å²) in [6.45, 7) is -0.516. The highest BCUT2D eigenvalue weighted by Gasteiger charge is 2.31. The Morgan fingerprint density at radius 1 is 1.28 bits per heavy atom. The lowest BCUT2D eigenvalue weighted by atomic mass is 10.2. The Morgan fingerprint density at radius 2 is 2.00 bits per heavy atom. The minimum Gasteiger partial charge on any atom is -0.388 e. The first-order valence-electron chi connectivity index (χ1n) is 4.78. The van der Waals surface area contributed by atoms with Crippen molar-refractivity contribution in [1.29, 1.82) is 0 Å². The quantitative estimate of drug-likeness (QED) is 0.838. The van der Waals surface area contributed by atoms with Gasteiger partial charge in [-0.05, 0) is 18.2 Å². The lowest BCUT2D eigenvalue weighted by molar-refractivity contribution is -0.137. The molecule has 1 aromatic heterocycles. The number of hydrogen-bond donors (Lipinski definition) is 1. The number of alkyl halides is 3. The van der Waals surface area contributed by atoms with E-state index in [-0.39, 0.29) is 11.5 Å². The first-order chi connectivity index (χ1) is 8.41. The van der Waals surface area contributed by atoms with Gasteiger partial charge in [0.15, 0.2) is 5.82 Å². The molecular weight excluding hydrogens is 252 g/mol. The average molecular weight is 258 g/mol. The minimum atomic E-state index is -4.65. The molecule has 0 aliphatic carbocycles. The molecule has 1 heterocycles. The minimum absolute atomic E-state index is 0.0220. The van der Waals surface area contributed by atoms with E-state index in [1.807, 2.05) is 0 Å². The number of aliphatic hydroxyl groups is 1. The molecule has 1 aromatic carbocycles. The van der Waals surface area contributed by atoms with Crippen LogP contribution in [-0.2, 0) is 12.8 Å². The Bertz CT molecular complexity index is 562. The second-order valence-corrected chi connectivity index (χ2v) is 3.44. The molecule has 1 N–H and O–H groups in total. The summed E-state index contributed by atoms with van der Waals surface area (Å²) in [5, 5.41) is 8.93. The summed E-state index contributed by atoms with van der Waals surface area (Å²) >= 11 is 0. The third-order valence-electron chi connectivity index (χ3n) is 2.21. The number of aliphatic hydroxyl groups excluding tert-OH is 1. The molecule has 0 aliphatic rings. The molecule has 0 bridgehead atoms. The third kappa shape index (κ3) is 2.28. The third-order valence-corrected chi connectivity index (χ3v) is 2.21. The van der Waals surface area contributed by atoms with Gasteiger partial charge in [0, 0.05) is 6.20 Å². The van der Waals surface area contributed by atoms with Gasteiger partial charge >= 0.3 is 6.18 Å². The van der Waals surface area contributed by atoms with E-state index >= 15 is 0 Å². The van der Waals surface area contributed by atoms with Gasteiger partial charge in [0.2, 0.25) is 0 Å². The molecule has 3 nitrogen and oxygen atoms in total. The summed E-state index contributed by atoms with van der Waals surface area (Å²) in [6.07, 6.45) is -0.0372. The van der Waals surface area contributed by atoms with Crippen molar-refractivity contribution >= 4 is 0 Å². The maximum absolute atomic E-state index is 13.2. The number of aromatic nitrogens is 2. The van der Waals surface area contributed by atoms with E-state index in [9.17, 15) is 17.6 Å². The fourth-order valence-corrected chi connectivity index (χ4v) is 1.44. The van der Waals surface area contributed by atoms with E-state index in [1.54, 1.807) is 0 Å². The van der Waals surface area contributed by atoms with Crippen LogP contribution >= 0.6 is 0 Å². The van der Waals surface area contributed by atoms with E-state index in [0.717, 1.165) is 16.7 Å². The summed E-state index contributed by atoms with van der Waals surface area (Å²) in [7, 11) is 0. The topological polar surface area (TPSA) is 38.1 Å². The smallest absolute Gasteiger partial charge is 0.388 e. The molecule has 94 valence electrons. The summed E-state index contributed by atoms with van der Waals surface area (Å²) in [5.41, 5.74) is -1.25. The lowest BCUT2D eigenvalue weighted by Crippen LogP contribution is -2.08. The summed E-state index contributed by atoms with van der Waals surface area (Å²) in [6, 6.07) is 2.03. The van der Waals surface area contributed by atoms with Crippen molar-refractivity contribution in [3.63, 3.8) is 0 Å². The standard InChI is InChI=1S/C11H6F4N2O/c12-8-3-7(11(13,14)15)4-9(5-8)17-2-1-16-10(17)6-18/h3-5,18H,6H2. The van der Waals surface area contributed by atoms with Gasteiger partial charge in [-0.25, -0.2) is 4.39 Å². The van der Waals surface area contributed by atoms with Crippen molar-refractivity contribution in [1.82, 2.24) is 9.55 Å². The van der Waals surface area contributed by atoms with Crippen molar-refractivity contribution in [3.05, 3.63) is 47.8 Å². The number of hydrogen-bond acceptors (Lipinski definition) is 2. The van der Waals surface area contributed by atoms with Crippen LogP contribution in [0.2, 0.25) is 0 Å².